The molecule has 3 rings (SSSR count). The van der Waals surface area contributed by atoms with E-state index in [0.717, 1.165) is 36.8 Å². The lowest BCUT2D eigenvalue weighted by atomic mass is 10.0. The highest BCUT2D eigenvalue weighted by atomic mass is 32.2. The summed E-state index contributed by atoms with van der Waals surface area (Å²) >= 11 is 1.64. The highest BCUT2D eigenvalue weighted by molar-refractivity contribution is 7.97. The van der Waals surface area contributed by atoms with Crippen LogP contribution in [0.4, 0.5) is 24.7 Å². The first-order chi connectivity index (χ1) is 12.3. The SMILES string of the molecule is CC(c1ccc(N2CCN(Sc3ccc(N)nc3)CC2)cc1)C(F)(F)F. The number of hydrogen-bond donors (Lipinski definition) is 1. The van der Waals surface area contributed by atoms with E-state index in [-0.39, 0.29) is 0 Å². The van der Waals surface area contributed by atoms with Crippen molar-refractivity contribution in [3.63, 3.8) is 0 Å². The van der Waals surface area contributed by atoms with Gasteiger partial charge in [-0.3, -0.25) is 0 Å². The van der Waals surface area contributed by atoms with E-state index in [2.05, 4.69) is 14.2 Å². The Hall–Kier alpha value is -1.93. The molecular formula is C18H21F3N4S. The van der Waals surface area contributed by atoms with Gasteiger partial charge in [-0.2, -0.15) is 13.2 Å². The zero-order valence-electron chi connectivity index (χ0n) is 14.4. The minimum atomic E-state index is -4.21. The molecule has 8 heteroatoms. The Morgan fingerprint density at radius 3 is 2.23 bits per heavy atom. The Morgan fingerprint density at radius 2 is 1.69 bits per heavy atom. The van der Waals surface area contributed by atoms with Gasteiger partial charge in [-0.25, -0.2) is 9.29 Å². The van der Waals surface area contributed by atoms with Crippen LogP contribution in [0.15, 0.2) is 47.5 Å². The second-order valence-electron chi connectivity index (χ2n) is 6.28. The van der Waals surface area contributed by atoms with Gasteiger partial charge in [0.15, 0.2) is 0 Å². The average Bonchev–Trinajstić information content (AvgIpc) is 2.63. The van der Waals surface area contributed by atoms with Crippen molar-refractivity contribution in [3.05, 3.63) is 48.2 Å². The van der Waals surface area contributed by atoms with Crippen LogP contribution in [-0.2, 0) is 0 Å². The second kappa shape index (κ2) is 7.75. The maximum absolute atomic E-state index is 12.8. The fourth-order valence-corrected chi connectivity index (χ4v) is 3.67. The molecule has 0 saturated carbocycles. The molecule has 0 aliphatic carbocycles. The fourth-order valence-electron chi connectivity index (χ4n) is 2.80. The number of benzene rings is 1. The third-order valence-corrected chi connectivity index (χ3v) is 5.56. The third-order valence-electron chi connectivity index (χ3n) is 4.48. The average molecular weight is 382 g/mol. The molecule has 1 fully saturated rings. The lowest BCUT2D eigenvalue weighted by Gasteiger charge is -2.35. The van der Waals surface area contributed by atoms with Crippen LogP contribution < -0.4 is 10.6 Å². The summed E-state index contributed by atoms with van der Waals surface area (Å²) in [5, 5.41) is 0. The molecule has 1 aromatic heterocycles. The molecule has 0 amide bonds. The molecule has 1 aliphatic rings. The molecule has 1 saturated heterocycles. The fraction of sp³-hybridized carbons (Fsp3) is 0.389. The molecule has 26 heavy (non-hydrogen) atoms. The maximum atomic E-state index is 12.8. The Labute approximate surface area is 155 Å². The summed E-state index contributed by atoms with van der Waals surface area (Å²) in [6.07, 6.45) is -2.45. The van der Waals surface area contributed by atoms with Crippen LogP contribution >= 0.6 is 11.9 Å². The van der Waals surface area contributed by atoms with Crippen molar-refractivity contribution in [1.82, 2.24) is 9.29 Å². The number of nitrogens with zero attached hydrogens (tertiary/aromatic N) is 3. The molecule has 0 spiro atoms. The van der Waals surface area contributed by atoms with Gasteiger partial charge < -0.3 is 10.6 Å². The summed E-state index contributed by atoms with van der Waals surface area (Å²) in [6.45, 7) is 4.55. The first-order valence-corrected chi connectivity index (χ1v) is 9.16. The van der Waals surface area contributed by atoms with Crippen LogP contribution in [0.2, 0.25) is 0 Å². The predicted molar refractivity (Wildman–Crippen MR) is 99.2 cm³/mol. The molecule has 140 valence electrons. The summed E-state index contributed by atoms with van der Waals surface area (Å²) in [5.74, 6) is -0.944. The van der Waals surface area contributed by atoms with Crippen molar-refractivity contribution in [2.45, 2.75) is 23.9 Å². The van der Waals surface area contributed by atoms with Crippen LogP contribution in [0.25, 0.3) is 0 Å². The lowest BCUT2D eigenvalue weighted by Crippen LogP contribution is -2.43. The molecule has 2 N–H and O–H groups in total. The summed E-state index contributed by atoms with van der Waals surface area (Å²) in [4.78, 5) is 7.32. The van der Waals surface area contributed by atoms with Crippen LogP contribution in [-0.4, -0.2) is 41.6 Å². The molecule has 1 aliphatic heterocycles. The van der Waals surface area contributed by atoms with Crippen LogP contribution in [0.3, 0.4) is 0 Å². The molecule has 1 atom stereocenters. The molecule has 0 bridgehead atoms. The number of halogens is 3. The van der Waals surface area contributed by atoms with Gasteiger partial charge in [0.2, 0.25) is 0 Å². The first-order valence-electron chi connectivity index (χ1n) is 8.39. The van der Waals surface area contributed by atoms with Gasteiger partial charge in [-0.15, -0.1) is 0 Å². The Kier molecular flexibility index (Phi) is 5.62. The van der Waals surface area contributed by atoms with Gasteiger partial charge in [-0.05, 0) is 48.7 Å². The maximum Gasteiger partial charge on any atom is 0.395 e. The number of alkyl halides is 3. The van der Waals surface area contributed by atoms with Crippen molar-refractivity contribution < 1.29 is 13.2 Å². The number of hydrogen-bond acceptors (Lipinski definition) is 5. The topological polar surface area (TPSA) is 45.4 Å². The smallest absolute Gasteiger partial charge is 0.384 e. The van der Waals surface area contributed by atoms with Gasteiger partial charge in [0.1, 0.15) is 5.82 Å². The van der Waals surface area contributed by atoms with E-state index in [1.807, 2.05) is 6.07 Å². The molecule has 1 unspecified atom stereocenters. The Bertz CT molecular complexity index is 711. The van der Waals surface area contributed by atoms with Crippen molar-refractivity contribution in [1.29, 1.82) is 0 Å². The van der Waals surface area contributed by atoms with Crippen LogP contribution in [0, 0.1) is 0 Å². The number of piperazine rings is 1. The molecule has 1 aromatic carbocycles. The van der Waals surface area contributed by atoms with Crippen molar-refractivity contribution in [2.24, 2.45) is 0 Å². The Morgan fingerprint density at radius 1 is 1.04 bits per heavy atom. The van der Waals surface area contributed by atoms with Gasteiger partial charge >= 0.3 is 6.18 Å². The predicted octanol–water partition coefficient (Wildman–Crippen LogP) is 4.16. The summed E-state index contributed by atoms with van der Waals surface area (Å²) in [7, 11) is 0. The quantitative estimate of drug-likeness (QED) is 0.805. The van der Waals surface area contributed by atoms with Crippen LogP contribution in [0.5, 0.6) is 0 Å². The number of pyridine rings is 1. The number of anilines is 2. The third kappa shape index (κ3) is 4.62. The zero-order valence-corrected chi connectivity index (χ0v) is 15.2. The summed E-state index contributed by atoms with van der Waals surface area (Å²) < 4.78 is 40.7. The minimum absolute atomic E-state index is 0.297. The number of aromatic nitrogens is 1. The number of nitrogen functional groups attached to an aromatic ring is 1. The number of nitrogens with two attached hydrogens (primary N) is 1. The van der Waals surface area contributed by atoms with Crippen molar-refractivity contribution in [3.8, 4) is 0 Å². The molecular weight excluding hydrogens is 361 g/mol. The highest BCUT2D eigenvalue weighted by Gasteiger charge is 2.36. The van der Waals surface area contributed by atoms with Crippen molar-refractivity contribution >= 4 is 23.5 Å². The van der Waals surface area contributed by atoms with Crippen molar-refractivity contribution in [2.75, 3.05) is 36.8 Å². The normalized spacial score (nSPS) is 17.3. The van der Waals surface area contributed by atoms with Gasteiger partial charge in [0, 0.05) is 43.0 Å². The van der Waals surface area contributed by atoms with E-state index < -0.39 is 12.1 Å². The lowest BCUT2D eigenvalue weighted by molar-refractivity contribution is -0.146. The Balaban J connectivity index is 1.55. The van der Waals surface area contributed by atoms with Gasteiger partial charge in [-0.1, -0.05) is 12.1 Å². The standard InChI is InChI=1S/C18H21F3N4S/c1-13(18(19,20)21)14-2-4-15(5-3-14)24-8-10-25(11-9-24)26-16-6-7-17(22)23-12-16/h2-7,12-13H,8-11H2,1H3,(H2,22,23). The van der Waals surface area contributed by atoms with E-state index >= 15 is 0 Å². The zero-order chi connectivity index (χ0) is 18.7. The van der Waals surface area contributed by atoms with E-state index in [1.54, 1.807) is 48.5 Å². The largest absolute Gasteiger partial charge is 0.395 e. The van der Waals surface area contributed by atoms with E-state index in [0.29, 0.717) is 11.4 Å². The van der Waals surface area contributed by atoms with E-state index in [9.17, 15) is 13.2 Å². The van der Waals surface area contributed by atoms with E-state index in [4.69, 9.17) is 5.73 Å². The highest BCUT2D eigenvalue weighted by Crippen LogP contribution is 2.35. The molecule has 2 heterocycles. The second-order valence-corrected chi connectivity index (χ2v) is 7.45. The van der Waals surface area contributed by atoms with Gasteiger partial charge in [0.05, 0.1) is 5.92 Å². The minimum Gasteiger partial charge on any atom is -0.384 e. The van der Waals surface area contributed by atoms with Crippen LogP contribution in [0.1, 0.15) is 18.4 Å². The van der Waals surface area contributed by atoms with Gasteiger partial charge in [0.25, 0.3) is 0 Å². The first kappa shape index (κ1) is 18.8. The molecule has 2 aromatic rings. The van der Waals surface area contributed by atoms with E-state index in [1.165, 1.54) is 6.92 Å². The number of rotatable bonds is 4. The molecule has 4 nitrogen and oxygen atoms in total. The monoisotopic (exact) mass is 382 g/mol. The summed E-state index contributed by atoms with van der Waals surface area (Å²) in [6, 6.07) is 10.4. The molecule has 0 radical (unpaired) electrons. The summed E-state index contributed by atoms with van der Waals surface area (Å²) in [5.41, 5.74) is 6.85.